The predicted octanol–water partition coefficient (Wildman–Crippen LogP) is 1.59. The van der Waals surface area contributed by atoms with Gasteiger partial charge in [-0.25, -0.2) is 4.98 Å². The molecule has 0 N–H and O–H groups in total. The van der Waals surface area contributed by atoms with E-state index in [4.69, 9.17) is 10.00 Å². The Morgan fingerprint density at radius 2 is 2.37 bits per heavy atom. The van der Waals surface area contributed by atoms with Crippen molar-refractivity contribution in [2.24, 2.45) is 5.92 Å². The van der Waals surface area contributed by atoms with Gasteiger partial charge in [-0.05, 0) is 12.0 Å². The van der Waals surface area contributed by atoms with E-state index in [0.29, 0.717) is 36.9 Å². The van der Waals surface area contributed by atoms with Crippen LogP contribution in [-0.4, -0.2) is 35.0 Å². The van der Waals surface area contributed by atoms with Gasteiger partial charge in [0.1, 0.15) is 6.10 Å². The lowest BCUT2D eigenvalue weighted by Gasteiger charge is -2.39. The van der Waals surface area contributed by atoms with Gasteiger partial charge in [0.25, 0.3) is 0 Å². The lowest BCUT2D eigenvalue weighted by atomic mass is 10.1. The van der Waals surface area contributed by atoms with Gasteiger partial charge >= 0.3 is 0 Å². The van der Waals surface area contributed by atoms with E-state index in [2.05, 4.69) is 4.98 Å². The topological polar surface area (TPSA) is 66.2 Å². The normalized spacial score (nSPS) is 14.9. The number of rotatable bonds is 4. The zero-order valence-corrected chi connectivity index (χ0v) is 11.2. The van der Waals surface area contributed by atoms with Crippen molar-refractivity contribution in [3.8, 4) is 11.9 Å². The van der Waals surface area contributed by atoms with E-state index < -0.39 is 0 Å². The first-order chi connectivity index (χ1) is 9.08. The van der Waals surface area contributed by atoms with Crippen LogP contribution >= 0.6 is 0 Å². The zero-order chi connectivity index (χ0) is 13.8. The van der Waals surface area contributed by atoms with Crippen molar-refractivity contribution in [2.75, 3.05) is 13.1 Å². The number of hydrogen-bond donors (Lipinski definition) is 0. The first-order valence-corrected chi connectivity index (χ1v) is 6.39. The molecular formula is C14H17N3O2. The van der Waals surface area contributed by atoms with Gasteiger partial charge < -0.3 is 9.64 Å². The first kappa shape index (κ1) is 13.3. The largest absolute Gasteiger partial charge is 0.471 e. The monoisotopic (exact) mass is 259 g/mol. The van der Waals surface area contributed by atoms with Crippen LogP contribution in [0, 0.1) is 17.2 Å². The van der Waals surface area contributed by atoms with Gasteiger partial charge in [-0.1, -0.05) is 13.8 Å². The summed E-state index contributed by atoms with van der Waals surface area (Å²) in [7, 11) is 0. The van der Waals surface area contributed by atoms with Crippen molar-refractivity contribution in [1.82, 2.24) is 9.88 Å². The standard InChI is InChI=1S/C14H17N3O2/c1-10(2)5-14(18)17-8-12(9-17)19-13-6-11(7-15)3-4-16-13/h3-4,6,10,12H,5,8-9H2,1-2H3. The third-order valence-electron chi connectivity index (χ3n) is 2.93. The van der Waals surface area contributed by atoms with Crippen LogP contribution in [0.15, 0.2) is 18.3 Å². The summed E-state index contributed by atoms with van der Waals surface area (Å²) >= 11 is 0. The zero-order valence-electron chi connectivity index (χ0n) is 11.2. The maximum atomic E-state index is 11.7. The summed E-state index contributed by atoms with van der Waals surface area (Å²) in [5.74, 6) is 0.995. The highest BCUT2D eigenvalue weighted by Gasteiger charge is 2.32. The summed E-state index contributed by atoms with van der Waals surface area (Å²) in [6.07, 6.45) is 2.11. The number of likely N-dealkylation sites (tertiary alicyclic amines) is 1. The fraction of sp³-hybridized carbons (Fsp3) is 0.500. The summed E-state index contributed by atoms with van der Waals surface area (Å²) < 4.78 is 5.62. The Balaban J connectivity index is 1.81. The molecule has 2 heterocycles. The van der Waals surface area contributed by atoms with E-state index in [9.17, 15) is 4.79 Å². The molecule has 1 aliphatic rings. The lowest BCUT2D eigenvalue weighted by Crippen LogP contribution is -2.56. The summed E-state index contributed by atoms with van der Waals surface area (Å²) in [6, 6.07) is 5.28. The van der Waals surface area contributed by atoms with Crippen LogP contribution in [0.3, 0.4) is 0 Å². The molecule has 1 aromatic heterocycles. The number of nitrogens with zero attached hydrogens (tertiary/aromatic N) is 3. The van der Waals surface area contributed by atoms with Gasteiger partial charge in [-0.15, -0.1) is 0 Å². The van der Waals surface area contributed by atoms with Gasteiger partial charge in [0.2, 0.25) is 11.8 Å². The Labute approximate surface area is 112 Å². The van der Waals surface area contributed by atoms with Gasteiger partial charge in [0.05, 0.1) is 24.7 Å². The summed E-state index contributed by atoms with van der Waals surface area (Å²) in [5, 5.41) is 8.78. The number of aromatic nitrogens is 1. The fourth-order valence-corrected chi connectivity index (χ4v) is 1.91. The van der Waals surface area contributed by atoms with Crippen LogP contribution in [0.4, 0.5) is 0 Å². The molecule has 1 aliphatic heterocycles. The maximum Gasteiger partial charge on any atom is 0.223 e. The molecule has 1 fully saturated rings. The van der Waals surface area contributed by atoms with Crippen LogP contribution in [0.1, 0.15) is 25.8 Å². The highest BCUT2D eigenvalue weighted by molar-refractivity contribution is 5.77. The molecule has 1 saturated heterocycles. The second kappa shape index (κ2) is 5.70. The smallest absolute Gasteiger partial charge is 0.223 e. The molecular weight excluding hydrogens is 242 g/mol. The van der Waals surface area contributed by atoms with E-state index in [1.54, 1.807) is 23.2 Å². The third-order valence-corrected chi connectivity index (χ3v) is 2.93. The molecule has 5 heteroatoms. The molecule has 0 aromatic carbocycles. The Morgan fingerprint density at radius 3 is 3.00 bits per heavy atom. The van der Waals surface area contributed by atoms with E-state index in [-0.39, 0.29) is 12.0 Å². The van der Waals surface area contributed by atoms with Crippen molar-refractivity contribution >= 4 is 5.91 Å². The number of amides is 1. The number of ether oxygens (including phenoxy) is 1. The minimum Gasteiger partial charge on any atom is -0.471 e. The van der Waals surface area contributed by atoms with Crippen molar-refractivity contribution in [2.45, 2.75) is 26.4 Å². The molecule has 19 heavy (non-hydrogen) atoms. The molecule has 100 valence electrons. The van der Waals surface area contributed by atoms with Crippen molar-refractivity contribution in [1.29, 1.82) is 5.26 Å². The third kappa shape index (κ3) is 3.44. The van der Waals surface area contributed by atoms with Crippen molar-refractivity contribution in [3.63, 3.8) is 0 Å². The minimum absolute atomic E-state index is 0.0162. The van der Waals surface area contributed by atoms with Gasteiger partial charge in [-0.2, -0.15) is 5.26 Å². The van der Waals surface area contributed by atoms with Gasteiger partial charge in [0.15, 0.2) is 0 Å². The van der Waals surface area contributed by atoms with E-state index in [1.165, 1.54) is 0 Å². The molecule has 0 bridgehead atoms. The van der Waals surface area contributed by atoms with E-state index >= 15 is 0 Å². The highest BCUT2D eigenvalue weighted by Crippen LogP contribution is 2.18. The molecule has 1 aromatic rings. The fourth-order valence-electron chi connectivity index (χ4n) is 1.91. The lowest BCUT2D eigenvalue weighted by molar-refractivity contribution is -0.140. The SMILES string of the molecule is CC(C)CC(=O)N1CC(Oc2cc(C#N)ccn2)C1. The molecule has 0 spiro atoms. The molecule has 0 unspecified atom stereocenters. The number of carbonyl (C=O) groups excluding carboxylic acids is 1. The first-order valence-electron chi connectivity index (χ1n) is 6.39. The molecule has 2 rings (SSSR count). The Kier molecular flexibility index (Phi) is 4.00. The number of nitriles is 1. The van der Waals surface area contributed by atoms with Crippen LogP contribution in [0.2, 0.25) is 0 Å². The minimum atomic E-state index is -0.0162. The van der Waals surface area contributed by atoms with Crippen molar-refractivity contribution < 1.29 is 9.53 Å². The summed E-state index contributed by atoms with van der Waals surface area (Å²) in [4.78, 5) is 17.6. The predicted molar refractivity (Wildman–Crippen MR) is 69.4 cm³/mol. The molecule has 0 radical (unpaired) electrons. The average Bonchev–Trinajstić information content (AvgIpc) is 2.32. The second-order valence-corrected chi connectivity index (χ2v) is 5.13. The highest BCUT2D eigenvalue weighted by atomic mass is 16.5. The quantitative estimate of drug-likeness (QED) is 0.823. The molecule has 0 aliphatic carbocycles. The van der Waals surface area contributed by atoms with Crippen LogP contribution in [0.5, 0.6) is 5.88 Å². The number of carbonyl (C=O) groups is 1. The number of hydrogen-bond acceptors (Lipinski definition) is 4. The van der Waals surface area contributed by atoms with Crippen LogP contribution in [0.25, 0.3) is 0 Å². The Morgan fingerprint density at radius 1 is 1.63 bits per heavy atom. The van der Waals surface area contributed by atoms with E-state index in [1.807, 2.05) is 19.9 Å². The van der Waals surface area contributed by atoms with E-state index in [0.717, 1.165) is 0 Å². The van der Waals surface area contributed by atoms with Crippen molar-refractivity contribution in [3.05, 3.63) is 23.9 Å². The van der Waals surface area contributed by atoms with Crippen LogP contribution < -0.4 is 4.74 Å². The molecule has 0 saturated carbocycles. The Hall–Kier alpha value is -2.09. The Bertz CT molecular complexity index is 502. The average molecular weight is 259 g/mol. The molecule has 0 atom stereocenters. The number of pyridine rings is 1. The maximum absolute atomic E-state index is 11.7. The van der Waals surface area contributed by atoms with Crippen LogP contribution in [-0.2, 0) is 4.79 Å². The molecule has 1 amide bonds. The summed E-state index contributed by atoms with van der Waals surface area (Å²) in [6.45, 7) is 5.26. The van der Waals surface area contributed by atoms with Gasteiger partial charge in [-0.3, -0.25) is 4.79 Å². The molecule has 5 nitrogen and oxygen atoms in total. The van der Waals surface area contributed by atoms with Gasteiger partial charge in [0, 0.05) is 18.7 Å². The summed E-state index contributed by atoms with van der Waals surface area (Å²) in [5.41, 5.74) is 0.525. The second-order valence-electron chi connectivity index (χ2n) is 5.13.